The second-order valence-corrected chi connectivity index (χ2v) is 2.96. The van der Waals surface area contributed by atoms with Crippen molar-refractivity contribution >= 4 is 0 Å². The number of nitrogens with one attached hydrogen (secondary N) is 2. The molecule has 12 heavy (non-hydrogen) atoms. The van der Waals surface area contributed by atoms with Crippen LogP contribution in [0.25, 0.3) is 0 Å². The van der Waals surface area contributed by atoms with Gasteiger partial charge >= 0.3 is 0 Å². The fourth-order valence-electron chi connectivity index (χ4n) is 0.904. The molecule has 0 rings (SSSR count). The monoisotopic (exact) mass is 174 g/mol. The number of hydrogen-bond donors (Lipinski definition) is 2. The molecule has 2 N–H and O–H groups in total. The van der Waals surface area contributed by atoms with E-state index in [1.165, 1.54) is 6.42 Å². The third-order valence-corrected chi connectivity index (χ3v) is 1.79. The zero-order valence-corrected chi connectivity index (χ0v) is 8.52. The maximum atomic E-state index is 5.10. The van der Waals surface area contributed by atoms with Crippen LogP contribution in [0.4, 0.5) is 0 Å². The predicted octanol–water partition coefficient (Wildman–Crippen LogP) is 0.610. The number of rotatable bonds is 8. The molecule has 0 aromatic rings. The largest absolute Gasteiger partial charge is 0.380 e. The summed E-state index contributed by atoms with van der Waals surface area (Å²) in [6.45, 7) is 8.38. The van der Waals surface area contributed by atoms with Crippen molar-refractivity contribution in [3.8, 4) is 0 Å². The van der Waals surface area contributed by atoms with Crippen LogP contribution in [0, 0.1) is 0 Å². The van der Waals surface area contributed by atoms with Gasteiger partial charge in [0.05, 0.1) is 6.10 Å². The SMILES string of the molecule is CCNCCCNCC(C)OC. The molecule has 0 saturated heterocycles. The Morgan fingerprint density at radius 2 is 1.92 bits per heavy atom. The quantitative estimate of drug-likeness (QED) is 0.529. The topological polar surface area (TPSA) is 33.3 Å². The van der Waals surface area contributed by atoms with Crippen molar-refractivity contribution in [2.24, 2.45) is 0 Å². The summed E-state index contributed by atoms with van der Waals surface area (Å²) in [5.74, 6) is 0. The molecule has 0 heterocycles. The molecule has 0 bridgehead atoms. The minimum absolute atomic E-state index is 0.323. The van der Waals surface area contributed by atoms with Gasteiger partial charge in [0, 0.05) is 13.7 Å². The normalized spacial score (nSPS) is 13.2. The lowest BCUT2D eigenvalue weighted by Gasteiger charge is -2.10. The first kappa shape index (κ1) is 11.9. The van der Waals surface area contributed by atoms with Crippen molar-refractivity contribution in [1.82, 2.24) is 10.6 Å². The van der Waals surface area contributed by atoms with Crippen molar-refractivity contribution in [3.05, 3.63) is 0 Å². The lowest BCUT2D eigenvalue weighted by Crippen LogP contribution is -2.28. The third kappa shape index (κ3) is 7.98. The molecule has 3 nitrogen and oxygen atoms in total. The van der Waals surface area contributed by atoms with Gasteiger partial charge in [-0.15, -0.1) is 0 Å². The molecule has 0 aromatic carbocycles. The fourth-order valence-corrected chi connectivity index (χ4v) is 0.904. The molecular weight excluding hydrogens is 152 g/mol. The van der Waals surface area contributed by atoms with E-state index in [0.29, 0.717) is 6.10 Å². The molecule has 0 aliphatic rings. The van der Waals surface area contributed by atoms with Crippen LogP contribution in [-0.2, 0) is 4.74 Å². The molecule has 3 heteroatoms. The summed E-state index contributed by atoms with van der Waals surface area (Å²) in [6.07, 6.45) is 1.51. The molecule has 0 aliphatic carbocycles. The summed E-state index contributed by atoms with van der Waals surface area (Å²) in [4.78, 5) is 0. The van der Waals surface area contributed by atoms with Crippen LogP contribution in [0.15, 0.2) is 0 Å². The molecule has 1 atom stereocenters. The Labute approximate surface area is 75.9 Å². The summed E-state index contributed by atoms with van der Waals surface area (Å²) in [5, 5.41) is 6.61. The Kier molecular flexibility index (Phi) is 8.88. The predicted molar refractivity (Wildman–Crippen MR) is 52.5 cm³/mol. The van der Waals surface area contributed by atoms with E-state index in [0.717, 1.165) is 26.2 Å². The fraction of sp³-hybridized carbons (Fsp3) is 1.00. The molecule has 0 fully saturated rings. The van der Waals surface area contributed by atoms with Crippen LogP contribution in [0.2, 0.25) is 0 Å². The first-order valence-electron chi connectivity index (χ1n) is 4.75. The highest BCUT2D eigenvalue weighted by Gasteiger charge is 1.96. The smallest absolute Gasteiger partial charge is 0.0667 e. The maximum absolute atomic E-state index is 5.10. The van der Waals surface area contributed by atoms with E-state index < -0.39 is 0 Å². The highest BCUT2D eigenvalue weighted by Crippen LogP contribution is 1.83. The Hall–Kier alpha value is -0.120. The molecule has 0 aliphatic heterocycles. The van der Waals surface area contributed by atoms with Gasteiger partial charge in [-0.3, -0.25) is 0 Å². The maximum Gasteiger partial charge on any atom is 0.0667 e. The second kappa shape index (κ2) is 8.97. The van der Waals surface area contributed by atoms with Crippen LogP contribution in [0.5, 0.6) is 0 Å². The molecular formula is C9H22N2O. The van der Waals surface area contributed by atoms with Crippen LogP contribution >= 0.6 is 0 Å². The summed E-state index contributed by atoms with van der Waals surface area (Å²) >= 11 is 0. The first-order valence-corrected chi connectivity index (χ1v) is 4.75. The molecule has 0 amide bonds. The van der Waals surface area contributed by atoms with Crippen LogP contribution in [0.3, 0.4) is 0 Å². The minimum atomic E-state index is 0.323. The molecule has 0 aromatic heterocycles. The highest BCUT2D eigenvalue weighted by molar-refractivity contribution is 4.55. The summed E-state index contributed by atoms with van der Waals surface area (Å²) in [5.41, 5.74) is 0. The van der Waals surface area contributed by atoms with E-state index in [1.807, 2.05) is 0 Å². The van der Waals surface area contributed by atoms with Gasteiger partial charge in [-0.05, 0) is 33.0 Å². The summed E-state index contributed by atoms with van der Waals surface area (Å²) in [7, 11) is 1.74. The van der Waals surface area contributed by atoms with Crippen molar-refractivity contribution in [2.45, 2.75) is 26.4 Å². The van der Waals surface area contributed by atoms with E-state index >= 15 is 0 Å². The molecule has 1 unspecified atom stereocenters. The Balaban J connectivity index is 2.90. The molecule has 74 valence electrons. The minimum Gasteiger partial charge on any atom is -0.380 e. The lowest BCUT2D eigenvalue weighted by molar-refractivity contribution is 0.117. The van der Waals surface area contributed by atoms with Crippen molar-refractivity contribution in [1.29, 1.82) is 0 Å². The summed E-state index contributed by atoms with van der Waals surface area (Å²) in [6, 6.07) is 0. The van der Waals surface area contributed by atoms with Gasteiger partial charge in [-0.1, -0.05) is 6.92 Å². The van der Waals surface area contributed by atoms with Crippen LogP contribution in [0.1, 0.15) is 20.3 Å². The van der Waals surface area contributed by atoms with E-state index in [9.17, 15) is 0 Å². The van der Waals surface area contributed by atoms with Gasteiger partial charge in [-0.2, -0.15) is 0 Å². The average molecular weight is 174 g/mol. The van der Waals surface area contributed by atoms with E-state index in [2.05, 4.69) is 24.5 Å². The van der Waals surface area contributed by atoms with E-state index in [1.54, 1.807) is 7.11 Å². The second-order valence-electron chi connectivity index (χ2n) is 2.96. The molecule has 0 spiro atoms. The zero-order valence-electron chi connectivity index (χ0n) is 8.52. The van der Waals surface area contributed by atoms with Gasteiger partial charge in [0.2, 0.25) is 0 Å². The number of ether oxygens (including phenoxy) is 1. The van der Waals surface area contributed by atoms with Gasteiger partial charge in [0.15, 0.2) is 0 Å². The van der Waals surface area contributed by atoms with Gasteiger partial charge in [0.1, 0.15) is 0 Å². The Bertz CT molecular complexity index is 88.6. The van der Waals surface area contributed by atoms with Crippen LogP contribution in [-0.4, -0.2) is 39.4 Å². The third-order valence-electron chi connectivity index (χ3n) is 1.79. The van der Waals surface area contributed by atoms with E-state index in [4.69, 9.17) is 4.74 Å². The highest BCUT2D eigenvalue weighted by atomic mass is 16.5. The van der Waals surface area contributed by atoms with Gasteiger partial charge in [0.25, 0.3) is 0 Å². The van der Waals surface area contributed by atoms with Crippen LogP contribution < -0.4 is 10.6 Å². The first-order chi connectivity index (χ1) is 5.81. The van der Waals surface area contributed by atoms with Crippen molar-refractivity contribution in [2.75, 3.05) is 33.3 Å². The Morgan fingerprint density at radius 3 is 2.50 bits per heavy atom. The molecule has 0 saturated carbocycles. The Morgan fingerprint density at radius 1 is 1.25 bits per heavy atom. The standard InChI is InChI=1S/C9H22N2O/c1-4-10-6-5-7-11-8-9(2)12-3/h9-11H,4-8H2,1-3H3. The average Bonchev–Trinajstić information content (AvgIpc) is 2.10. The lowest BCUT2D eigenvalue weighted by atomic mass is 10.3. The van der Waals surface area contributed by atoms with E-state index in [-0.39, 0.29) is 0 Å². The molecule has 0 radical (unpaired) electrons. The number of methoxy groups -OCH3 is 1. The van der Waals surface area contributed by atoms with Crippen molar-refractivity contribution in [3.63, 3.8) is 0 Å². The van der Waals surface area contributed by atoms with Gasteiger partial charge < -0.3 is 15.4 Å². The number of hydrogen-bond acceptors (Lipinski definition) is 3. The van der Waals surface area contributed by atoms with Crippen molar-refractivity contribution < 1.29 is 4.74 Å². The zero-order chi connectivity index (χ0) is 9.23. The summed E-state index contributed by atoms with van der Waals surface area (Å²) < 4.78 is 5.10. The van der Waals surface area contributed by atoms with Gasteiger partial charge in [-0.25, -0.2) is 0 Å².